The maximum Gasteiger partial charge on any atom is 0.209 e. The number of nitrogens with one attached hydrogen (secondary N) is 2. The predicted molar refractivity (Wildman–Crippen MR) is 104 cm³/mol. The second kappa shape index (κ2) is 10.6. The van der Waals surface area contributed by atoms with Gasteiger partial charge in [0.15, 0.2) is 11.6 Å². The zero-order valence-corrected chi connectivity index (χ0v) is 16.7. The van der Waals surface area contributed by atoms with Gasteiger partial charge in [0.2, 0.25) is 10.0 Å². The highest BCUT2D eigenvalue weighted by Gasteiger charge is 2.10. The van der Waals surface area contributed by atoms with Crippen molar-refractivity contribution in [3.05, 3.63) is 65.2 Å². The normalized spacial score (nSPS) is 12.3. The van der Waals surface area contributed by atoms with E-state index in [0.29, 0.717) is 19.7 Å². The number of sulfonamides is 1. The first-order valence-corrected chi connectivity index (χ1v) is 9.98. The van der Waals surface area contributed by atoms with Gasteiger partial charge in [-0.2, -0.15) is 0 Å². The van der Waals surface area contributed by atoms with Crippen LogP contribution in [0.4, 0.5) is 8.78 Å². The molecule has 0 saturated heterocycles. The number of halogens is 3. The molecular weight excluding hydrogens is 398 g/mol. The number of ether oxygens (including phenoxy) is 1. The molecule has 0 unspecified atom stereocenters. The van der Waals surface area contributed by atoms with Crippen LogP contribution in [0.15, 0.2) is 42.5 Å². The molecule has 0 aliphatic rings. The predicted octanol–water partition coefficient (Wildman–Crippen LogP) is 3.17. The van der Waals surface area contributed by atoms with E-state index in [1.54, 1.807) is 6.92 Å². The van der Waals surface area contributed by atoms with Gasteiger partial charge in [-0.3, -0.25) is 0 Å². The second-order valence-electron chi connectivity index (χ2n) is 5.95. The molecule has 0 bridgehead atoms. The van der Waals surface area contributed by atoms with Gasteiger partial charge in [0, 0.05) is 25.2 Å². The molecule has 9 heteroatoms. The van der Waals surface area contributed by atoms with Gasteiger partial charge in [0.1, 0.15) is 12.4 Å². The van der Waals surface area contributed by atoms with E-state index in [9.17, 15) is 17.2 Å². The van der Waals surface area contributed by atoms with Crippen LogP contribution in [-0.2, 0) is 16.6 Å². The van der Waals surface area contributed by atoms with Crippen molar-refractivity contribution in [1.29, 1.82) is 0 Å². The number of rotatable bonds is 9. The minimum atomic E-state index is -3.25. The summed E-state index contributed by atoms with van der Waals surface area (Å²) in [4.78, 5) is 0. The quantitative estimate of drug-likeness (QED) is 0.611. The lowest BCUT2D eigenvalue weighted by Crippen LogP contribution is -2.25. The SMILES string of the molecule is C[C@@H](NS(C)(=O)=O)c1ccc(CNCCOc2ccc(F)c(F)c2)cc1.Cl. The van der Waals surface area contributed by atoms with Crippen LogP contribution in [0.3, 0.4) is 0 Å². The Balaban J connectivity index is 0.00000364. The van der Waals surface area contributed by atoms with Crippen LogP contribution in [0.1, 0.15) is 24.1 Å². The van der Waals surface area contributed by atoms with Crippen molar-refractivity contribution in [3.63, 3.8) is 0 Å². The Kier molecular flexibility index (Phi) is 9.11. The van der Waals surface area contributed by atoms with E-state index in [1.807, 2.05) is 24.3 Å². The zero-order chi connectivity index (χ0) is 19.2. The first kappa shape index (κ1) is 23.3. The van der Waals surface area contributed by atoms with Crippen LogP contribution in [0.2, 0.25) is 0 Å². The van der Waals surface area contributed by atoms with E-state index in [0.717, 1.165) is 29.5 Å². The molecule has 150 valence electrons. The van der Waals surface area contributed by atoms with Crippen molar-refractivity contribution in [2.45, 2.75) is 19.5 Å². The molecule has 2 rings (SSSR count). The van der Waals surface area contributed by atoms with E-state index in [2.05, 4.69) is 10.0 Å². The van der Waals surface area contributed by atoms with Crippen molar-refractivity contribution in [1.82, 2.24) is 10.0 Å². The number of hydrogen-bond acceptors (Lipinski definition) is 4. The van der Waals surface area contributed by atoms with Gasteiger partial charge in [0.05, 0.1) is 6.26 Å². The Morgan fingerprint density at radius 3 is 2.33 bits per heavy atom. The van der Waals surface area contributed by atoms with Crippen LogP contribution in [0.5, 0.6) is 5.75 Å². The standard InChI is InChI=1S/C18H22F2N2O3S.ClH/c1-13(22-26(2,23)24)15-5-3-14(4-6-15)12-21-9-10-25-16-7-8-17(19)18(20)11-16;/h3-8,11,13,21-22H,9-10,12H2,1-2H3;1H/t13-;/m1./s1. The largest absolute Gasteiger partial charge is 0.492 e. The van der Waals surface area contributed by atoms with E-state index >= 15 is 0 Å². The van der Waals surface area contributed by atoms with Crippen LogP contribution in [0, 0.1) is 11.6 Å². The Morgan fingerprint density at radius 2 is 1.74 bits per heavy atom. The maximum atomic E-state index is 13.0. The summed E-state index contributed by atoms with van der Waals surface area (Å²) in [5.41, 5.74) is 1.91. The number of hydrogen-bond donors (Lipinski definition) is 2. The Hall–Kier alpha value is -1.74. The third-order valence-electron chi connectivity index (χ3n) is 3.64. The molecule has 2 aromatic carbocycles. The van der Waals surface area contributed by atoms with Gasteiger partial charge in [0.25, 0.3) is 0 Å². The van der Waals surface area contributed by atoms with Crippen LogP contribution >= 0.6 is 12.4 Å². The van der Waals surface area contributed by atoms with Crippen molar-refractivity contribution in [3.8, 4) is 5.75 Å². The topological polar surface area (TPSA) is 67.4 Å². The van der Waals surface area contributed by atoms with Gasteiger partial charge in [-0.25, -0.2) is 21.9 Å². The van der Waals surface area contributed by atoms with E-state index in [1.165, 1.54) is 6.07 Å². The summed E-state index contributed by atoms with van der Waals surface area (Å²) < 4.78 is 56.2. The van der Waals surface area contributed by atoms with Crippen LogP contribution in [0.25, 0.3) is 0 Å². The lowest BCUT2D eigenvalue weighted by atomic mass is 10.1. The lowest BCUT2D eigenvalue weighted by molar-refractivity contribution is 0.311. The van der Waals surface area contributed by atoms with E-state index < -0.39 is 21.7 Å². The van der Waals surface area contributed by atoms with Gasteiger partial charge in [-0.05, 0) is 30.2 Å². The third kappa shape index (κ3) is 8.21. The highest BCUT2D eigenvalue weighted by atomic mass is 35.5. The molecule has 0 aromatic heterocycles. The van der Waals surface area contributed by atoms with Gasteiger partial charge in [-0.1, -0.05) is 24.3 Å². The first-order chi connectivity index (χ1) is 12.2. The molecule has 0 saturated carbocycles. The molecule has 5 nitrogen and oxygen atoms in total. The van der Waals surface area contributed by atoms with E-state index in [4.69, 9.17) is 4.74 Å². The Labute approximate surface area is 164 Å². The molecular formula is C18H23ClF2N2O3S. The molecule has 0 aliphatic carbocycles. The first-order valence-electron chi connectivity index (χ1n) is 8.09. The van der Waals surface area contributed by atoms with E-state index in [-0.39, 0.29) is 24.2 Å². The molecule has 0 heterocycles. The monoisotopic (exact) mass is 420 g/mol. The molecule has 0 amide bonds. The summed E-state index contributed by atoms with van der Waals surface area (Å²) >= 11 is 0. The number of benzene rings is 2. The van der Waals surface area contributed by atoms with Gasteiger partial charge in [-0.15, -0.1) is 12.4 Å². The molecule has 0 aliphatic heterocycles. The summed E-state index contributed by atoms with van der Waals surface area (Å²) in [5, 5.41) is 3.18. The highest BCUT2D eigenvalue weighted by molar-refractivity contribution is 7.88. The molecule has 2 aromatic rings. The molecule has 2 N–H and O–H groups in total. The maximum absolute atomic E-state index is 13.0. The van der Waals surface area contributed by atoms with Crippen LogP contribution in [-0.4, -0.2) is 27.8 Å². The van der Waals surface area contributed by atoms with Crippen molar-refractivity contribution < 1.29 is 21.9 Å². The Morgan fingerprint density at radius 1 is 1.07 bits per heavy atom. The highest BCUT2D eigenvalue weighted by Crippen LogP contribution is 2.15. The molecule has 0 spiro atoms. The summed E-state index contributed by atoms with van der Waals surface area (Å²) in [7, 11) is -3.25. The summed E-state index contributed by atoms with van der Waals surface area (Å²) in [6.07, 6.45) is 1.13. The van der Waals surface area contributed by atoms with Crippen molar-refractivity contribution in [2.24, 2.45) is 0 Å². The summed E-state index contributed by atoms with van der Waals surface area (Å²) in [5.74, 6) is -1.56. The lowest BCUT2D eigenvalue weighted by Gasteiger charge is -2.13. The average Bonchev–Trinajstić information content (AvgIpc) is 2.57. The van der Waals surface area contributed by atoms with Crippen molar-refractivity contribution >= 4 is 22.4 Å². The molecule has 0 fully saturated rings. The average molecular weight is 421 g/mol. The fourth-order valence-electron chi connectivity index (χ4n) is 2.35. The molecule has 27 heavy (non-hydrogen) atoms. The fourth-order valence-corrected chi connectivity index (χ4v) is 3.13. The molecule has 0 radical (unpaired) electrons. The smallest absolute Gasteiger partial charge is 0.209 e. The summed E-state index contributed by atoms with van der Waals surface area (Å²) in [6, 6.07) is 10.7. The minimum Gasteiger partial charge on any atom is -0.492 e. The fraction of sp³-hybridized carbons (Fsp3) is 0.333. The molecule has 1 atom stereocenters. The minimum absolute atomic E-state index is 0. The van der Waals surface area contributed by atoms with Gasteiger partial charge >= 0.3 is 0 Å². The van der Waals surface area contributed by atoms with Crippen LogP contribution < -0.4 is 14.8 Å². The third-order valence-corrected chi connectivity index (χ3v) is 4.42. The zero-order valence-electron chi connectivity index (χ0n) is 15.0. The van der Waals surface area contributed by atoms with Gasteiger partial charge < -0.3 is 10.1 Å². The second-order valence-corrected chi connectivity index (χ2v) is 7.73. The summed E-state index contributed by atoms with van der Waals surface area (Å²) in [6.45, 7) is 3.24. The van der Waals surface area contributed by atoms with Crippen molar-refractivity contribution in [2.75, 3.05) is 19.4 Å². The Bertz CT molecular complexity index is 833.